The number of hydrogen-bond acceptors (Lipinski definition) is 4. The quantitative estimate of drug-likeness (QED) is 0.689. The predicted molar refractivity (Wildman–Crippen MR) is 87.0 cm³/mol. The Labute approximate surface area is 145 Å². The highest BCUT2D eigenvalue weighted by Crippen LogP contribution is 2.34. The number of H-pyrrole nitrogens is 1. The van der Waals surface area contributed by atoms with Crippen molar-refractivity contribution in [3.8, 4) is 0 Å². The third-order valence-corrected chi connectivity index (χ3v) is 3.65. The van der Waals surface area contributed by atoms with Crippen LogP contribution in [0.4, 0.5) is 23.7 Å². The van der Waals surface area contributed by atoms with Crippen LogP contribution in [0.1, 0.15) is 21.7 Å². The van der Waals surface area contributed by atoms with Crippen LogP contribution in [0.5, 0.6) is 0 Å². The maximum Gasteiger partial charge on any atom is 0.435 e. The number of fused-ring (bicyclic) bond motifs is 1. The molecule has 0 aliphatic heterocycles. The van der Waals surface area contributed by atoms with Crippen LogP contribution < -0.4 is 5.32 Å². The first kappa shape index (κ1) is 17.5. The molecule has 2 N–H and O–H groups in total. The van der Waals surface area contributed by atoms with E-state index in [1.807, 2.05) is 5.32 Å². The summed E-state index contributed by atoms with van der Waals surface area (Å²) in [5.74, 6) is -0.669. The van der Waals surface area contributed by atoms with E-state index in [0.29, 0.717) is 10.9 Å². The number of nitrogens with one attached hydrogen (secondary N) is 2. The summed E-state index contributed by atoms with van der Waals surface area (Å²) in [6.07, 6.45) is -4.52. The number of halogens is 3. The number of carbonyl (C=O) groups excluding carboxylic acids is 2. The lowest BCUT2D eigenvalue weighted by Gasteiger charge is -2.13. The first-order chi connectivity index (χ1) is 12.3. The van der Waals surface area contributed by atoms with Crippen molar-refractivity contribution in [1.29, 1.82) is 0 Å². The van der Waals surface area contributed by atoms with Gasteiger partial charge in [-0.3, -0.25) is 10.1 Å². The Balaban J connectivity index is 2.05. The molecule has 134 valence electrons. The van der Waals surface area contributed by atoms with Crippen LogP contribution >= 0.6 is 0 Å². The van der Waals surface area contributed by atoms with E-state index in [9.17, 15) is 22.8 Å². The first-order valence-electron chi connectivity index (χ1n) is 7.35. The van der Waals surface area contributed by atoms with E-state index in [1.165, 1.54) is 6.20 Å². The van der Waals surface area contributed by atoms with E-state index in [1.54, 1.807) is 24.3 Å². The second-order valence-electron chi connectivity index (χ2n) is 5.28. The summed E-state index contributed by atoms with van der Waals surface area (Å²) >= 11 is 0. The molecule has 1 amide bonds. The lowest BCUT2D eigenvalue weighted by atomic mass is 10.1. The molecule has 0 fully saturated rings. The van der Waals surface area contributed by atoms with Crippen molar-refractivity contribution in [2.75, 3.05) is 12.4 Å². The zero-order chi connectivity index (χ0) is 18.9. The molecule has 0 radical (unpaired) electrons. The van der Waals surface area contributed by atoms with Crippen LogP contribution in [-0.4, -0.2) is 29.0 Å². The zero-order valence-corrected chi connectivity index (χ0v) is 13.3. The van der Waals surface area contributed by atoms with Crippen molar-refractivity contribution in [1.82, 2.24) is 9.97 Å². The Kier molecular flexibility index (Phi) is 4.37. The van der Waals surface area contributed by atoms with Crippen molar-refractivity contribution in [3.05, 3.63) is 59.5 Å². The molecule has 0 saturated heterocycles. The summed E-state index contributed by atoms with van der Waals surface area (Å²) in [5.41, 5.74) is -1.49. The van der Waals surface area contributed by atoms with Gasteiger partial charge in [0.05, 0.1) is 12.8 Å². The lowest BCUT2D eigenvalue weighted by Crippen LogP contribution is -2.19. The van der Waals surface area contributed by atoms with Crippen LogP contribution in [0, 0.1) is 0 Å². The first-order valence-corrected chi connectivity index (χ1v) is 7.35. The van der Waals surface area contributed by atoms with Gasteiger partial charge in [0.25, 0.3) is 0 Å². The second-order valence-corrected chi connectivity index (χ2v) is 5.28. The van der Waals surface area contributed by atoms with E-state index < -0.39 is 35.1 Å². The van der Waals surface area contributed by atoms with Gasteiger partial charge >= 0.3 is 12.3 Å². The Bertz CT molecular complexity index is 996. The Morgan fingerprint density at radius 3 is 2.58 bits per heavy atom. The number of ether oxygens (including phenoxy) is 1. The van der Waals surface area contributed by atoms with E-state index >= 15 is 0 Å². The van der Waals surface area contributed by atoms with Crippen molar-refractivity contribution < 1.29 is 27.5 Å². The molecule has 2 heterocycles. The Morgan fingerprint density at radius 2 is 1.88 bits per heavy atom. The Hall–Kier alpha value is -3.36. The van der Waals surface area contributed by atoms with Crippen LogP contribution in [0.25, 0.3) is 10.9 Å². The van der Waals surface area contributed by atoms with Gasteiger partial charge < -0.3 is 9.72 Å². The second kappa shape index (κ2) is 6.51. The molecular weight excluding hydrogens is 351 g/mol. The average molecular weight is 363 g/mol. The highest BCUT2D eigenvalue weighted by molar-refractivity contribution is 6.15. The summed E-state index contributed by atoms with van der Waals surface area (Å²) in [7, 11) is 1.02. The lowest BCUT2D eigenvalue weighted by molar-refractivity contribution is -0.140. The largest absolute Gasteiger partial charge is 0.453 e. The molecular formula is C17H12F3N3O3. The van der Waals surface area contributed by atoms with Crippen LogP contribution in [0.2, 0.25) is 0 Å². The number of alkyl halides is 3. The molecule has 0 aliphatic rings. The number of hydrogen-bond donors (Lipinski definition) is 2. The van der Waals surface area contributed by atoms with Crippen LogP contribution in [0.3, 0.4) is 0 Å². The summed E-state index contributed by atoms with van der Waals surface area (Å²) < 4.78 is 44.1. The van der Waals surface area contributed by atoms with E-state index in [2.05, 4.69) is 14.7 Å². The molecule has 0 bridgehead atoms. The number of nitrogens with zero attached hydrogens (tertiary/aromatic N) is 1. The monoisotopic (exact) mass is 363 g/mol. The molecule has 3 rings (SSSR count). The summed E-state index contributed by atoms with van der Waals surface area (Å²) in [6, 6.07) is 8.98. The minimum absolute atomic E-state index is 0.204. The molecule has 1 aromatic carbocycles. The fourth-order valence-corrected chi connectivity index (χ4v) is 2.46. The highest BCUT2D eigenvalue weighted by Gasteiger charge is 2.37. The number of aromatic amines is 1. The maximum atomic E-state index is 13.3. The fraction of sp³-hybridized carbons (Fsp3) is 0.118. The number of para-hydroxylation sites is 1. The zero-order valence-electron chi connectivity index (χ0n) is 13.3. The van der Waals surface area contributed by atoms with E-state index in [-0.39, 0.29) is 5.56 Å². The predicted octanol–water partition coefficient (Wildman–Crippen LogP) is 3.99. The topological polar surface area (TPSA) is 84.1 Å². The number of ketones is 1. The van der Waals surface area contributed by atoms with Gasteiger partial charge in [-0.1, -0.05) is 18.2 Å². The fourth-order valence-electron chi connectivity index (χ4n) is 2.46. The Morgan fingerprint density at radius 1 is 1.15 bits per heavy atom. The van der Waals surface area contributed by atoms with E-state index in [4.69, 9.17) is 0 Å². The van der Waals surface area contributed by atoms with E-state index in [0.717, 1.165) is 19.2 Å². The highest BCUT2D eigenvalue weighted by atomic mass is 19.4. The number of rotatable bonds is 3. The number of aromatic nitrogens is 2. The molecule has 26 heavy (non-hydrogen) atoms. The van der Waals surface area contributed by atoms with Gasteiger partial charge in [0, 0.05) is 22.7 Å². The van der Waals surface area contributed by atoms with Gasteiger partial charge in [-0.15, -0.1) is 0 Å². The third kappa shape index (κ3) is 3.23. The van der Waals surface area contributed by atoms with Gasteiger partial charge in [-0.2, -0.15) is 13.2 Å². The van der Waals surface area contributed by atoms with Crippen LogP contribution in [0.15, 0.2) is 42.6 Å². The number of methoxy groups -OCH3 is 1. The SMILES string of the molecule is COC(=O)Nc1ccc(C(=O)c2c[nH]c3ccccc23)nc1C(F)(F)F. The van der Waals surface area contributed by atoms with Gasteiger partial charge in [0.1, 0.15) is 5.69 Å². The number of carbonyl (C=O) groups is 2. The number of anilines is 1. The molecule has 2 aromatic heterocycles. The molecule has 0 saturated carbocycles. The number of pyridine rings is 1. The van der Waals surface area contributed by atoms with Gasteiger partial charge in [-0.25, -0.2) is 9.78 Å². The molecule has 0 spiro atoms. The average Bonchev–Trinajstić information content (AvgIpc) is 3.04. The van der Waals surface area contributed by atoms with Crippen molar-refractivity contribution in [2.45, 2.75) is 6.18 Å². The standard InChI is InChI=1S/C17H12F3N3O3/c1-26-16(25)23-13-7-6-12(22-15(13)17(18,19)20)14(24)10-8-21-11-5-3-2-4-9(10)11/h2-8,21H,1H3,(H,23,25). The van der Waals surface area contributed by atoms with Crippen molar-refractivity contribution in [2.24, 2.45) is 0 Å². The molecule has 0 unspecified atom stereocenters. The van der Waals surface area contributed by atoms with Gasteiger partial charge in [0.2, 0.25) is 5.78 Å². The molecule has 0 aliphatic carbocycles. The number of amides is 1. The molecule has 6 nitrogen and oxygen atoms in total. The molecule has 3 aromatic rings. The van der Waals surface area contributed by atoms with Gasteiger partial charge in [0.15, 0.2) is 5.69 Å². The number of benzene rings is 1. The smallest absolute Gasteiger partial charge is 0.435 e. The summed E-state index contributed by atoms with van der Waals surface area (Å²) in [5, 5.41) is 2.51. The minimum Gasteiger partial charge on any atom is -0.453 e. The minimum atomic E-state index is -4.87. The molecule has 9 heteroatoms. The summed E-state index contributed by atoms with van der Waals surface area (Å²) in [4.78, 5) is 30.2. The van der Waals surface area contributed by atoms with Crippen molar-refractivity contribution >= 4 is 28.5 Å². The maximum absolute atomic E-state index is 13.3. The van der Waals surface area contributed by atoms with Crippen molar-refractivity contribution in [3.63, 3.8) is 0 Å². The third-order valence-electron chi connectivity index (χ3n) is 3.65. The van der Waals surface area contributed by atoms with Crippen LogP contribution in [-0.2, 0) is 10.9 Å². The summed E-state index contributed by atoms with van der Waals surface area (Å²) in [6.45, 7) is 0. The normalized spacial score (nSPS) is 11.4. The van der Waals surface area contributed by atoms with Gasteiger partial charge in [-0.05, 0) is 18.2 Å². The molecule has 0 atom stereocenters.